The highest BCUT2D eigenvalue weighted by atomic mass is 35.5. The molecule has 0 spiro atoms. The maximum atomic E-state index is 6.30. The average molecular weight is 349 g/mol. The van der Waals surface area contributed by atoms with Crippen LogP contribution in [0.2, 0.25) is 18.1 Å². The summed E-state index contributed by atoms with van der Waals surface area (Å²) < 4.78 is 6.30. The van der Waals surface area contributed by atoms with Gasteiger partial charge in [-0.05, 0) is 31.0 Å². The van der Waals surface area contributed by atoms with Crippen molar-refractivity contribution in [1.29, 1.82) is 0 Å². The van der Waals surface area contributed by atoms with Crippen molar-refractivity contribution in [2.24, 2.45) is 0 Å². The van der Waals surface area contributed by atoms with Gasteiger partial charge in [0.1, 0.15) is 0 Å². The number of hydrogen-bond acceptors (Lipinski definition) is 1. The fourth-order valence-electron chi connectivity index (χ4n) is 3.13. The molecule has 0 bridgehead atoms. The molecule has 0 atom stereocenters. The van der Waals surface area contributed by atoms with Gasteiger partial charge in [-0.1, -0.05) is 78.6 Å². The molecule has 0 saturated carbocycles. The van der Waals surface area contributed by atoms with Gasteiger partial charge in [-0.2, -0.15) is 0 Å². The Kier molecular flexibility index (Phi) is 16.7. The molecule has 0 rings (SSSR count). The van der Waals surface area contributed by atoms with E-state index in [0.717, 1.165) is 12.5 Å². The topological polar surface area (TPSA) is 9.23 Å². The summed E-state index contributed by atoms with van der Waals surface area (Å²) in [7, 11) is -1.33. The highest BCUT2D eigenvalue weighted by Crippen LogP contribution is 2.22. The van der Waals surface area contributed by atoms with E-state index in [0.29, 0.717) is 0 Å². The van der Waals surface area contributed by atoms with E-state index < -0.39 is 8.32 Å². The van der Waals surface area contributed by atoms with E-state index in [1.54, 1.807) is 0 Å². The first kappa shape index (κ1) is 22.5. The van der Waals surface area contributed by atoms with E-state index in [4.69, 9.17) is 16.0 Å². The predicted octanol–water partition coefficient (Wildman–Crippen LogP) is 7.54. The van der Waals surface area contributed by atoms with Crippen LogP contribution < -0.4 is 0 Å². The minimum atomic E-state index is -1.33. The third-order valence-electron chi connectivity index (χ3n) is 5.12. The van der Waals surface area contributed by atoms with Crippen LogP contribution in [0.5, 0.6) is 0 Å². The summed E-state index contributed by atoms with van der Waals surface area (Å²) in [4.78, 5) is 0. The van der Waals surface area contributed by atoms with Gasteiger partial charge in [0.2, 0.25) is 0 Å². The Hall–Kier alpha value is 0.467. The molecule has 0 radical (unpaired) electrons. The normalized spacial score (nSPS) is 12.0. The molecule has 134 valence electrons. The van der Waals surface area contributed by atoms with Gasteiger partial charge >= 0.3 is 0 Å². The SMILES string of the molecule is CC[Si](CC)(CC)OCCCCCCCCCCCCCCl. The third kappa shape index (κ3) is 12.0. The van der Waals surface area contributed by atoms with Crippen LogP contribution in [0, 0.1) is 0 Å². The highest BCUT2D eigenvalue weighted by molar-refractivity contribution is 6.73. The first-order valence-electron chi connectivity index (χ1n) is 9.94. The Balaban J connectivity index is 3.27. The summed E-state index contributed by atoms with van der Waals surface area (Å²) in [5.74, 6) is 0.835. The lowest BCUT2D eigenvalue weighted by Gasteiger charge is -2.27. The van der Waals surface area contributed by atoms with E-state index >= 15 is 0 Å². The van der Waals surface area contributed by atoms with E-state index in [2.05, 4.69) is 20.8 Å². The molecule has 0 aromatic rings. The lowest BCUT2D eigenvalue weighted by Crippen LogP contribution is -2.36. The summed E-state index contributed by atoms with van der Waals surface area (Å²) >= 11 is 5.68. The van der Waals surface area contributed by atoms with Crippen LogP contribution >= 0.6 is 11.6 Å². The zero-order valence-corrected chi connectivity index (χ0v) is 17.4. The second kappa shape index (κ2) is 16.3. The summed E-state index contributed by atoms with van der Waals surface area (Å²) in [6, 6.07) is 3.85. The second-order valence-electron chi connectivity index (χ2n) is 6.67. The Morgan fingerprint density at radius 2 is 0.955 bits per heavy atom. The van der Waals surface area contributed by atoms with Gasteiger partial charge in [0.05, 0.1) is 0 Å². The molecule has 0 N–H and O–H groups in total. The molecule has 0 amide bonds. The molecule has 0 fully saturated rings. The Labute approximate surface area is 146 Å². The average Bonchev–Trinajstić information content (AvgIpc) is 2.56. The van der Waals surface area contributed by atoms with Gasteiger partial charge in [0.25, 0.3) is 0 Å². The Morgan fingerprint density at radius 3 is 1.32 bits per heavy atom. The van der Waals surface area contributed by atoms with E-state index in [9.17, 15) is 0 Å². The molecule has 22 heavy (non-hydrogen) atoms. The van der Waals surface area contributed by atoms with Crippen LogP contribution in [0.15, 0.2) is 0 Å². The molecule has 3 heteroatoms. The van der Waals surface area contributed by atoms with E-state index in [1.807, 2.05) is 0 Å². The molecule has 0 aliphatic carbocycles. The maximum Gasteiger partial charge on any atom is 0.191 e. The molecule has 1 nitrogen and oxygen atoms in total. The molecular formula is C19H41ClOSi. The number of unbranched alkanes of at least 4 members (excludes halogenated alkanes) is 10. The summed E-state index contributed by atoms with van der Waals surface area (Å²) in [6.45, 7) is 7.96. The Bertz CT molecular complexity index is 211. The Morgan fingerprint density at radius 1 is 0.591 bits per heavy atom. The maximum absolute atomic E-state index is 6.30. The number of halogens is 1. The number of rotatable bonds is 17. The van der Waals surface area contributed by atoms with Gasteiger partial charge < -0.3 is 4.43 Å². The standard InChI is InChI=1S/C19H41ClOSi/c1-4-22(5-2,6-3)21-19-17-15-13-11-9-7-8-10-12-14-16-18-20/h4-19H2,1-3H3. The van der Waals surface area contributed by atoms with Gasteiger partial charge in [-0.15, -0.1) is 11.6 Å². The first-order chi connectivity index (χ1) is 10.7. The van der Waals surface area contributed by atoms with Crippen molar-refractivity contribution < 1.29 is 4.43 Å². The van der Waals surface area contributed by atoms with E-state index in [1.165, 1.54) is 88.8 Å². The summed E-state index contributed by atoms with van der Waals surface area (Å²) in [5.41, 5.74) is 0. The highest BCUT2D eigenvalue weighted by Gasteiger charge is 2.27. The zero-order chi connectivity index (χ0) is 16.5. The minimum absolute atomic E-state index is 0.835. The number of hydrogen-bond donors (Lipinski definition) is 0. The predicted molar refractivity (Wildman–Crippen MR) is 105 cm³/mol. The van der Waals surface area contributed by atoms with Crippen LogP contribution in [0.25, 0.3) is 0 Å². The minimum Gasteiger partial charge on any atom is -0.417 e. The molecular weight excluding hydrogens is 308 g/mol. The fraction of sp³-hybridized carbons (Fsp3) is 1.00. The van der Waals surface area contributed by atoms with Gasteiger partial charge in [-0.3, -0.25) is 0 Å². The molecule has 0 heterocycles. The molecule has 0 unspecified atom stereocenters. The quantitative estimate of drug-likeness (QED) is 0.150. The lowest BCUT2D eigenvalue weighted by atomic mass is 10.1. The van der Waals surface area contributed by atoms with Crippen molar-refractivity contribution >= 4 is 19.9 Å². The molecule has 0 aromatic carbocycles. The molecule has 0 saturated heterocycles. The van der Waals surface area contributed by atoms with Crippen molar-refractivity contribution in [3.63, 3.8) is 0 Å². The smallest absolute Gasteiger partial charge is 0.191 e. The number of alkyl halides is 1. The van der Waals surface area contributed by atoms with Gasteiger partial charge in [-0.25, -0.2) is 0 Å². The summed E-state index contributed by atoms with van der Waals surface area (Å²) in [5, 5.41) is 0. The van der Waals surface area contributed by atoms with Crippen LogP contribution in [0.1, 0.15) is 91.4 Å². The monoisotopic (exact) mass is 348 g/mol. The van der Waals surface area contributed by atoms with Crippen molar-refractivity contribution in [3.05, 3.63) is 0 Å². The van der Waals surface area contributed by atoms with Crippen LogP contribution in [0.3, 0.4) is 0 Å². The van der Waals surface area contributed by atoms with Gasteiger partial charge in [0.15, 0.2) is 8.32 Å². The van der Waals surface area contributed by atoms with Crippen LogP contribution in [-0.2, 0) is 4.43 Å². The van der Waals surface area contributed by atoms with Gasteiger partial charge in [0, 0.05) is 12.5 Å². The fourth-order valence-corrected chi connectivity index (χ4v) is 6.01. The van der Waals surface area contributed by atoms with Crippen molar-refractivity contribution in [1.82, 2.24) is 0 Å². The van der Waals surface area contributed by atoms with Crippen molar-refractivity contribution in [2.45, 2.75) is 110 Å². The summed E-state index contributed by atoms with van der Waals surface area (Å²) in [6.07, 6.45) is 15.0. The largest absolute Gasteiger partial charge is 0.417 e. The lowest BCUT2D eigenvalue weighted by molar-refractivity contribution is 0.287. The van der Waals surface area contributed by atoms with Crippen molar-refractivity contribution in [3.8, 4) is 0 Å². The van der Waals surface area contributed by atoms with E-state index in [-0.39, 0.29) is 0 Å². The molecule has 0 aliphatic rings. The molecule has 0 aliphatic heterocycles. The third-order valence-corrected chi connectivity index (χ3v) is 10.1. The second-order valence-corrected chi connectivity index (χ2v) is 11.8. The molecule has 0 aromatic heterocycles. The zero-order valence-electron chi connectivity index (χ0n) is 15.6. The van der Waals surface area contributed by atoms with Crippen LogP contribution in [-0.4, -0.2) is 20.8 Å². The van der Waals surface area contributed by atoms with Crippen LogP contribution in [0.4, 0.5) is 0 Å². The van der Waals surface area contributed by atoms with Crippen molar-refractivity contribution in [2.75, 3.05) is 12.5 Å². The first-order valence-corrected chi connectivity index (χ1v) is 13.0.